The van der Waals surface area contributed by atoms with Crippen molar-refractivity contribution in [2.75, 3.05) is 0 Å². The molecule has 0 saturated heterocycles. The molecule has 0 N–H and O–H groups in total. The van der Waals surface area contributed by atoms with Gasteiger partial charge in [-0.15, -0.1) is 0 Å². The van der Waals surface area contributed by atoms with E-state index in [9.17, 15) is 0 Å². The molecule has 0 saturated carbocycles. The third-order valence-electron chi connectivity index (χ3n) is 1.04. The second kappa shape index (κ2) is 4.21. The Morgan fingerprint density at radius 3 is 2.09 bits per heavy atom. The summed E-state index contributed by atoms with van der Waals surface area (Å²) in [6, 6.07) is 1.00. The van der Waals surface area contributed by atoms with Gasteiger partial charge in [-0.2, -0.15) is 0 Å². The van der Waals surface area contributed by atoms with E-state index in [1.807, 2.05) is 13.8 Å². The molecule has 11 heavy (non-hydrogen) atoms. The first kappa shape index (κ1) is 11.1. The van der Waals surface area contributed by atoms with Crippen molar-refractivity contribution in [3.05, 3.63) is 0 Å². The first-order valence-corrected chi connectivity index (χ1v) is 8.12. The Kier molecular flexibility index (Phi) is 4.25. The second-order valence-corrected chi connectivity index (χ2v) is 10.2. The third-order valence-corrected chi connectivity index (χ3v) is 2.92. The fraction of sp³-hybridized carbons (Fsp3) is 0.875. The molecule has 0 aliphatic heterocycles. The van der Waals surface area contributed by atoms with Crippen LogP contribution >= 0.6 is 12.2 Å². The predicted octanol–water partition coefficient (Wildman–Crippen LogP) is 3.08. The Balaban J connectivity index is 3.71. The first-order valence-electron chi connectivity index (χ1n) is 4.01. The van der Waals surface area contributed by atoms with Gasteiger partial charge in [-0.1, -0.05) is 19.6 Å². The van der Waals surface area contributed by atoms with Gasteiger partial charge in [0.2, 0.25) is 0 Å². The van der Waals surface area contributed by atoms with Gasteiger partial charge in [0.15, 0.2) is 5.05 Å². The molecule has 0 aliphatic carbocycles. The summed E-state index contributed by atoms with van der Waals surface area (Å²) in [5.41, 5.74) is 0. The highest BCUT2D eigenvalue weighted by Gasteiger charge is 2.16. The molecule has 0 atom stereocenters. The maximum Gasteiger partial charge on any atom is 0.157 e. The molecule has 0 heterocycles. The minimum absolute atomic E-state index is 0.235. The third kappa shape index (κ3) is 8.01. The molecule has 0 radical (unpaired) electrons. The predicted molar refractivity (Wildman–Crippen MR) is 57.0 cm³/mol. The Bertz CT molecular complexity index is 138. The lowest BCUT2D eigenvalue weighted by atomic mass is 10.5. The smallest absolute Gasteiger partial charge is 0.157 e. The van der Waals surface area contributed by atoms with Gasteiger partial charge in [0, 0.05) is 6.04 Å². The van der Waals surface area contributed by atoms with E-state index in [0.717, 1.165) is 11.1 Å². The minimum atomic E-state index is -1.05. The van der Waals surface area contributed by atoms with Crippen LogP contribution in [-0.4, -0.2) is 19.2 Å². The highest BCUT2D eigenvalue weighted by atomic mass is 32.1. The van der Waals surface area contributed by atoms with E-state index in [-0.39, 0.29) is 6.10 Å². The molecule has 0 aliphatic rings. The van der Waals surface area contributed by atoms with Crippen molar-refractivity contribution in [2.24, 2.45) is 0 Å². The second-order valence-electron chi connectivity index (χ2n) is 4.28. The van der Waals surface area contributed by atoms with E-state index in [2.05, 4.69) is 19.6 Å². The van der Waals surface area contributed by atoms with Crippen LogP contribution in [0.25, 0.3) is 0 Å². The van der Waals surface area contributed by atoms with Crippen LogP contribution in [0.4, 0.5) is 0 Å². The summed E-state index contributed by atoms with van der Waals surface area (Å²) < 4.78 is 5.39. The molecule has 0 amide bonds. The summed E-state index contributed by atoms with van der Waals surface area (Å²) in [5.74, 6) is 0. The van der Waals surface area contributed by atoms with Crippen LogP contribution in [0.3, 0.4) is 0 Å². The number of thiocarbonyl (C=S) groups is 1. The Morgan fingerprint density at radius 1 is 1.36 bits per heavy atom. The average Bonchev–Trinajstić information content (AvgIpc) is 1.53. The lowest BCUT2D eigenvalue weighted by Gasteiger charge is -2.18. The molecule has 66 valence electrons. The molecule has 0 fully saturated rings. The van der Waals surface area contributed by atoms with Crippen molar-refractivity contribution in [1.82, 2.24) is 0 Å². The molecular weight excluding hydrogens is 172 g/mol. The van der Waals surface area contributed by atoms with E-state index in [1.165, 1.54) is 0 Å². The van der Waals surface area contributed by atoms with Gasteiger partial charge in [-0.05, 0) is 26.1 Å². The SMILES string of the molecule is CC(C)OC(=S)C[Si](C)(C)C. The van der Waals surface area contributed by atoms with Gasteiger partial charge in [0.25, 0.3) is 0 Å². The lowest BCUT2D eigenvalue weighted by molar-refractivity contribution is 0.233. The highest BCUT2D eigenvalue weighted by Crippen LogP contribution is 2.11. The number of hydrogen-bond donors (Lipinski definition) is 0. The van der Waals surface area contributed by atoms with E-state index in [4.69, 9.17) is 17.0 Å². The molecule has 0 bridgehead atoms. The van der Waals surface area contributed by atoms with Crippen molar-refractivity contribution in [3.8, 4) is 0 Å². The van der Waals surface area contributed by atoms with Gasteiger partial charge in [-0.3, -0.25) is 0 Å². The molecule has 0 spiro atoms. The highest BCUT2D eigenvalue weighted by molar-refractivity contribution is 7.80. The van der Waals surface area contributed by atoms with E-state index < -0.39 is 8.07 Å². The van der Waals surface area contributed by atoms with Crippen LogP contribution in [0, 0.1) is 0 Å². The molecule has 0 aromatic rings. The fourth-order valence-electron chi connectivity index (χ4n) is 0.738. The summed E-state index contributed by atoms with van der Waals surface area (Å²) >= 11 is 5.09. The van der Waals surface area contributed by atoms with Crippen molar-refractivity contribution in [2.45, 2.75) is 45.6 Å². The van der Waals surface area contributed by atoms with Gasteiger partial charge in [-0.25, -0.2) is 0 Å². The van der Waals surface area contributed by atoms with E-state index in [0.29, 0.717) is 0 Å². The van der Waals surface area contributed by atoms with Gasteiger partial charge in [0.05, 0.1) is 14.2 Å². The largest absolute Gasteiger partial charge is 0.485 e. The van der Waals surface area contributed by atoms with Crippen LogP contribution in [0.2, 0.25) is 25.7 Å². The summed E-state index contributed by atoms with van der Waals surface area (Å²) in [4.78, 5) is 0. The van der Waals surface area contributed by atoms with Crippen LogP contribution in [0.1, 0.15) is 13.8 Å². The normalized spacial score (nSPS) is 11.8. The maximum absolute atomic E-state index is 5.39. The lowest BCUT2D eigenvalue weighted by Crippen LogP contribution is -2.25. The maximum atomic E-state index is 5.39. The van der Waals surface area contributed by atoms with E-state index >= 15 is 0 Å². The summed E-state index contributed by atoms with van der Waals surface area (Å²) in [5, 5.41) is 0.791. The molecule has 1 nitrogen and oxygen atoms in total. The van der Waals surface area contributed by atoms with Crippen molar-refractivity contribution in [1.29, 1.82) is 0 Å². The number of rotatable bonds is 3. The number of ether oxygens (including phenoxy) is 1. The first-order chi connectivity index (χ1) is 4.81. The molecule has 0 rings (SSSR count). The minimum Gasteiger partial charge on any atom is -0.485 e. The summed E-state index contributed by atoms with van der Waals surface area (Å²) in [6.45, 7) is 10.9. The van der Waals surface area contributed by atoms with Crippen LogP contribution in [0.15, 0.2) is 0 Å². The van der Waals surface area contributed by atoms with E-state index in [1.54, 1.807) is 0 Å². The molecular formula is C8H18OSSi. The summed E-state index contributed by atoms with van der Waals surface area (Å²) in [7, 11) is -1.05. The Hall–Kier alpha value is 0.107. The zero-order valence-corrected chi connectivity index (χ0v) is 9.92. The topological polar surface area (TPSA) is 9.23 Å². The average molecular weight is 190 g/mol. The zero-order valence-electron chi connectivity index (χ0n) is 8.10. The van der Waals surface area contributed by atoms with Crippen LogP contribution < -0.4 is 0 Å². The van der Waals surface area contributed by atoms with Gasteiger partial charge < -0.3 is 4.74 Å². The van der Waals surface area contributed by atoms with Crippen molar-refractivity contribution < 1.29 is 4.74 Å². The van der Waals surface area contributed by atoms with Crippen molar-refractivity contribution >= 4 is 25.3 Å². The standard InChI is InChI=1S/C8H18OSSi/c1-7(2)9-8(10)6-11(3,4)5/h7H,6H2,1-5H3. The molecule has 0 unspecified atom stereocenters. The molecule has 0 aromatic carbocycles. The number of hydrogen-bond acceptors (Lipinski definition) is 2. The van der Waals surface area contributed by atoms with Gasteiger partial charge in [0.1, 0.15) is 0 Å². The van der Waals surface area contributed by atoms with Crippen LogP contribution in [-0.2, 0) is 4.74 Å². The molecule has 0 aromatic heterocycles. The fourth-order valence-corrected chi connectivity index (χ4v) is 3.18. The van der Waals surface area contributed by atoms with Gasteiger partial charge >= 0.3 is 0 Å². The zero-order chi connectivity index (χ0) is 9.07. The Labute approximate surface area is 76.1 Å². The molecule has 3 heteroatoms. The quantitative estimate of drug-likeness (QED) is 0.499. The monoisotopic (exact) mass is 190 g/mol. The van der Waals surface area contributed by atoms with Crippen molar-refractivity contribution in [3.63, 3.8) is 0 Å². The Morgan fingerprint density at radius 2 is 1.82 bits per heavy atom. The van der Waals surface area contributed by atoms with Crippen LogP contribution in [0.5, 0.6) is 0 Å². The summed E-state index contributed by atoms with van der Waals surface area (Å²) in [6.07, 6.45) is 0.235.